The standard InChI is InChI=1S/C18H27N3O/c1-13-11-16(13)21-18(19-2)20-12-14-7-3-6-10-17(14)22-15-8-4-5-9-15/h3,6-7,10,13,15-16H,4-5,8-9,11-12H2,1-2H3,(H2,19,20,21). The van der Waals surface area contributed by atoms with E-state index >= 15 is 0 Å². The SMILES string of the molecule is CN=C(NCc1ccccc1OC1CCCC1)NC1CC1C. The fourth-order valence-corrected chi connectivity index (χ4v) is 3.02. The molecule has 2 saturated carbocycles. The van der Waals surface area contributed by atoms with Crippen LogP contribution in [0.25, 0.3) is 0 Å². The normalized spacial score (nSPS) is 25.1. The second-order valence-corrected chi connectivity index (χ2v) is 6.52. The quantitative estimate of drug-likeness (QED) is 0.649. The van der Waals surface area contributed by atoms with Crippen molar-refractivity contribution in [2.45, 2.75) is 57.7 Å². The third kappa shape index (κ3) is 3.93. The Bertz CT molecular complexity index is 523. The Morgan fingerprint density at radius 1 is 1.27 bits per heavy atom. The highest BCUT2D eigenvalue weighted by Crippen LogP contribution is 2.29. The lowest BCUT2D eigenvalue weighted by Gasteiger charge is -2.18. The maximum atomic E-state index is 6.18. The Balaban J connectivity index is 1.56. The molecule has 2 atom stereocenters. The predicted octanol–water partition coefficient (Wildman–Crippen LogP) is 3.08. The van der Waals surface area contributed by atoms with Gasteiger partial charge in [-0.1, -0.05) is 25.1 Å². The zero-order valence-electron chi connectivity index (χ0n) is 13.6. The molecule has 0 amide bonds. The summed E-state index contributed by atoms with van der Waals surface area (Å²) in [6.07, 6.45) is 6.59. The first kappa shape index (κ1) is 15.2. The van der Waals surface area contributed by atoms with Crippen LogP contribution in [-0.4, -0.2) is 25.2 Å². The number of ether oxygens (including phenoxy) is 1. The van der Waals surface area contributed by atoms with Gasteiger partial charge in [0.2, 0.25) is 0 Å². The van der Waals surface area contributed by atoms with E-state index in [1.807, 2.05) is 13.1 Å². The molecule has 0 aromatic heterocycles. The van der Waals surface area contributed by atoms with Crippen LogP contribution in [0.2, 0.25) is 0 Å². The molecular weight excluding hydrogens is 274 g/mol. The Labute approximate surface area is 133 Å². The molecule has 0 bridgehead atoms. The van der Waals surface area contributed by atoms with Gasteiger partial charge in [-0.15, -0.1) is 0 Å². The number of para-hydroxylation sites is 1. The van der Waals surface area contributed by atoms with E-state index in [-0.39, 0.29) is 0 Å². The Morgan fingerprint density at radius 3 is 2.68 bits per heavy atom. The van der Waals surface area contributed by atoms with E-state index in [1.54, 1.807) is 0 Å². The van der Waals surface area contributed by atoms with E-state index in [9.17, 15) is 0 Å². The van der Waals surface area contributed by atoms with Crippen molar-refractivity contribution in [1.82, 2.24) is 10.6 Å². The van der Waals surface area contributed by atoms with Gasteiger partial charge in [-0.05, 0) is 44.1 Å². The van der Waals surface area contributed by atoms with Gasteiger partial charge >= 0.3 is 0 Å². The first-order chi connectivity index (χ1) is 10.8. The van der Waals surface area contributed by atoms with E-state index < -0.39 is 0 Å². The number of benzene rings is 1. The summed E-state index contributed by atoms with van der Waals surface area (Å²) in [6.45, 7) is 3.00. The zero-order valence-corrected chi connectivity index (χ0v) is 13.6. The molecule has 0 radical (unpaired) electrons. The van der Waals surface area contributed by atoms with Gasteiger partial charge in [0.15, 0.2) is 5.96 Å². The summed E-state index contributed by atoms with van der Waals surface area (Å²) in [7, 11) is 1.82. The van der Waals surface area contributed by atoms with Crippen LogP contribution in [0.15, 0.2) is 29.3 Å². The summed E-state index contributed by atoms with van der Waals surface area (Å²) in [6, 6.07) is 8.90. The van der Waals surface area contributed by atoms with Gasteiger partial charge in [-0.2, -0.15) is 0 Å². The molecule has 4 nitrogen and oxygen atoms in total. The number of hydrogen-bond donors (Lipinski definition) is 2. The molecule has 1 aromatic carbocycles. The molecule has 2 N–H and O–H groups in total. The number of rotatable bonds is 5. The van der Waals surface area contributed by atoms with E-state index in [2.05, 4.69) is 40.7 Å². The maximum Gasteiger partial charge on any atom is 0.191 e. The largest absolute Gasteiger partial charge is 0.490 e. The molecule has 3 rings (SSSR count). The number of nitrogens with one attached hydrogen (secondary N) is 2. The average molecular weight is 301 g/mol. The minimum absolute atomic E-state index is 0.394. The molecular formula is C18H27N3O. The summed E-state index contributed by atoms with van der Waals surface area (Å²) in [5.41, 5.74) is 1.20. The van der Waals surface area contributed by atoms with E-state index in [4.69, 9.17) is 4.74 Å². The minimum Gasteiger partial charge on any atom is -0.490 e. The number of guanidine groups is 1. The van der Waals surface area contributed by atoms with Gasteiger partial charge in [0.05, 0.1) is 6.10 Å². The molecule has 2 aliphatic carbocycles. The molecule has 0 heterocycles. The van der Waals surface area contributed by atoms with E-state index in [0.29, 0.717) is 12.1 Å². The lowest BCUT2D eigenvalue weighted by atomic mass is 10.2. The number of aliphatic imine (C=N–C) groups is 1. The van der Waals surface area contributed by atoms with Crippen LogP contribution in [-0.2, 0) is 6.54 Å². The monoisotopic (exact) mass is 301 g/mol. The Morgan fingerprint density at radius 2 is 2.00 bits per heavy atom. The lowest BCUT2D eigenvalue weighted by Crippen LogP contribution is -2.38. The van der Waals surface area contributed by atoms with Crippen LogP contribution >= 0.6 is 0 Å². The van der Waals surface area contributed by atoms with Crippen molar-refractivity contribution in [2.75, 3.05) is 7.05 Å². The highest BCUT2D eigenvalue weighted by atomic mass is 16.5. The molecule has 22 heavy (non-hydrogen) atoms. The lowest BCUT2D eigenvalue weighted by molar-refractivity contribution is 0.208. The third-order valence-corrected chi connectivity index (χ3v) is 4.67. The van der Waals surface area contributed by atoms with Gasteiger partial charge in [-0.3, -0.25) is 4.99 Å². The average Bonchev–Trinajstić information content (AvgIpc) is 3.00. The summed E-state index contributed by atoms with van der Waals surface area (Å²) in [4.78, 5) is 4.30. The first-order valence-electron chi connectivity index (χ1n) is 8.48. The molecule has 4 heteroatoms. The zero-order chi connectivity index (χ0) is 15.4. The fourth-order valence-electron chi connectivity index (χ4n) is 3.02. The maximum absolute atomic E-state index is 6.18. The third-order valence-electron chi connectivity index (χ3n) is 4.67. The summed E-state index contributed by atoms with van der Waals surface area (Å²) >= 11 is 0. The van der Waals surface area contributed by atoms with Crippen LogP contribution < -0.4 is 15.4 Å². The van der Waals surface area contributed by atoms with Gasteiger partial charge in [0.1, 0.15) is 5.75 Å². The second-order valence-electron chi connectivity index (χ2n) is 6.52. The molecule has 2 fully saturated rings. The van der Waals surface area contributed by atoms with E-state index in [0.717, 1.165) is 24.2 Å². The smallest absolute Gasteiger partial charge is 0.191 e. The fraction of sp³-hybridized carbons (Fsp3) is 0.611. The molecule has 0 spiro atoms. The predicted molar refractivity (Wildman–Crippen MR) is 90.2 cm³/mol. The Kier molecular flexibility index (Phi) is 4.86. The van der Waals surface area contributed by atoms with Crippen LogP contribution in [0, 0.1) is 5.92 Å². The topological polar surface area (TPSA) is 45.7 Å². The van der Waals surface area contributed by atoms with Crippen LogP contribution in [0.5, 0.6) is 5.75 Å². The molecule has 1 aromatic rings. The van der Waals surface area contributed by atoms with Crippen molar-refractivity contribution in [3.8, 4) is 5.75 Å². The van der Waals surface area contributed by atoms with Crippen molar-refractivity contribution >= 4 is 5.96 Å². The van der Waals surface area contributed by atoms with Gasteiger partial charge in [-0.25, -0.2) is 0 Å². The summed E-state index contributed by atoms with van der Waals surface area (Å²) in [5, 5.41) is 6.85. The molecule has 2 aliphatic rings. The van der Waals surface area contributed by atoms with Gasteiger partial charge in [0, 0.05) is 25.2 Å². The van der Waals surface area contributed by atoms with Crippen molar-refractivity contribution in [1.29, 1.82) is 0 Å². The van der Waals surface area contributed by atoms with Crippen LogP contribution in [0.1, 0.15) is 44.6 Å². The number of hydrogen-bond acceptors (Lipinski definition) is 2. The Hall–Kier alpha value is -1.71. The number of nitrogens with zero attached hydrogens (tertiary/aromatic N) is 1. The van der Waals surface area contributed by atoms with Crippen molar-refractivity contribution in [3.63, 3.8) is 0 Å². The van der Waals surface area contributed by atoms with Crippen LogP contribution in [0.3, 0.4) is 0 Å². The highest BCUT2D eigenvalue weighted by Gasteiger charge is 2.33. The van der Waals surface area contributed by atoms with Crippen LogP contribution in [0.4, 0.5) is 0 Å². The summed E-state index contributed by atoms with van der Waals surface area (Å²) < 4.78 is 6.18. The molecule has 0 aliphatic heterocycles. The first-order valence-corrected chi connectivity index (χ1v) is 8.48. The van der Waals surface area contributed by atoms with Crippen molar-refractivity contribution < 1.29 is 4.74 Å². The van der Waals surface area contributed by atoms with Crippen molar-refractivity contribution in [3.05, 3.63) is 29.8 Å². The van der Waals surface area contributed by atoms with E-state index in [1.165, 1.54) is 37.7 Å². The molecule has 2 unspecified atom stereocenters. The van der Waals surface area contributed by atoms with Gasteiger partial charge < -0.3 is 15.4 Å². The second kappa shape index (κ2) is 7.03. The van der Waals surface area contributed by atoms with Gasteiger partial charge in [0.25, 0.3) is 0 Å². The highest BCUT2D eigenvalue weighted by molar-refractivity contribution is 5.80. The minimum atomic E-state index is 0.394. The molecule has 0 saturated heterocycles. The van der Waals surface area contributed by atoms with Crippen molar-refractivity contribution in [2.24, 2.45) is 10.9 Å². The molecule has 120 valence electrons. The summed E-state index contributed by atoms with van der Waals surface area (Å²) in [5.74, 6) is 2.65.